The first kappa shape index (κ1) is 16.1. The molecule has 6 heteroatoms. The van der Waals surface area contributed by atoms with Crippen molar-refractivity contribution in [3.63, 3.8) is 0 Å². The number of carbonyl (C=O) groups excluding carboxylic acids is 1. The number of anilines is 1. The standard InChI is InChI=1S/C18H13F2NO2S/c19-13-6-7-16(15(20)9-13)21-18(22)17-8-12(11-24-17)10-23-14-4-2-1-3-5-14/h1-9,11H,10H2,(H,21,22). The number of benzene rings is 2. The van der Waals surface area contributed by atoms with E-state index in [9.17, 15) is 13.6 Å². The lowest BCUT2D eigenvalue weighted by atomic mass is 10.2. The molecule has 122 valence electrons. The maximum absolute atomic E-state index is 13.6. The fourth-order valence-corrected chi connectivity index (χ4v) is 2.82. The zero-order valence-corrected chi connectivity index (χ0v) is 13.3. The van der Waals surface area contributed by atoms with Crippen molar-refractivity contribution < 1.29 is 18.3 Å². The number of halogens is 2. The van der Waals surface area contributed by atoms with Gasteiger partial charge in [0.2, 0.25) is 0 Å². The normalized spacial score (nSPS) is 10.4. The quantitative estimate of drug-likeness (QED) is 0.717. The Balaban J connectivity index is 1.63. The van der Waals surface area contributed by atoms with Crippen LogP contribution in [-0.2, 0) is 6.61 Å². The Labute approximate surface area is 141 Å². The van der Waals surface area contributed by atoms with Gasteiger partial charge >= 0.3 is 0 Å². The minimum Gasteiger partial charge on any atom is -0.489 e. The third-order valence-corrected chi connectivity index (χ3v) is 4.18. The molecule has 1 heterocycles. The molecular weight excluding hydrogens is 332 g/mol. The van der Waals surface area contributed by atoms with Crippen LogP contribution in [0, 0.1) is 11.6 Å². The molecule has 0 atom stereocenters. The van der Waals surface area contributed by atoms with Crippen molar-refractivity contribution in [2.75, 3.05) is 5.32 Å². The summed E-state index contributed by atoms with van der Waals surface area (Å²) in [4.78, 5) is 12.6. The van der Waals surface area contributed by atoms with Crippen molar-refractivity contribution in [3.05, 3.63) is 82.1 Å². The number of hydrogen-bond donors (Lipinski definition) is 1. The Morgan fingerprint density at radius 1 is 1.08 bits per heavy atom. The minimum atomic E-state index is -0.812. The highest BCUT2D eigenvalue weighted by atomic mass is 32.1. The number of rotatable bonds is 5. The summed E-state index contributed by atoms with van der Waals surface area (Å²) < 4.78 is 32.0. The predicted octanol–water partition coefficient (Wildman–Crippen LogP) is 4.86. The first-order valence-electron chi connectivity index (χ1n) is 7.13. The van der Waals surface area contributed by atoms with Crippen LogP contribution in [0.5, 0.6) is 5.75 Å². The van der Waals surface area contributed by atoms with E-state index in [4.69, 9.17) is 4.74 Å². The van der Waals surface area contributed by atoms with Gasteiger partial charge in [0.25, 0.3) is 5.91 Å². The summed E-state index contributed by atoms with van der Waals surface area (Å²) in [5.41, 5.74) is 0.783. The van der Waals surface area contributed by atoms with Crippen molar-refractivity contribution in [1.82, 2.24) is 0 Å². The lowest BCUT2D eigenvalue weighted by Gasteiger charge is -2.05. The zero-order chi connectivity index (χ0) is 16.9. The minimum absolute atomic E-state index is 0.0584. The molecule has 3 aromatic rings. The van der Waals surface area contributed by atoms with Crippen LogP contribution in [0.15, 0.2) is 60.0 Å². The molecule has 3 nitrogen and oxygen atoms in total. The van der Waals surface area contributed by atoms with Gasteiger partial charge in [0.15, 0.2) is 0 Å². The largest absolute Gasteiger partial charge is 0.489 e. The summed E-state index contributed by atoms with van der Waals surface area (Å²) in [6.07, 6.45) is 0. The van der Waals surface area contributed by atoms with Crippen molar-refractivity contribution >= 4 is 22.9 Å². The molecule has 1 aromatic heterocycles. The van der Waals surface area contributed by atoms with Gasteiger partial charge in [-0.05, 0) is 35.7 Å². The molecule has 0 aliphatic heterocycles. The van der Waals surface area contributed by atoms with Crippen LogP contribution in [0.3, 0.4) is 0 Å². The fourth-order valence-electron chi connectivity index (χ4n) is 2.03. The van der Waals surface area contributed by atoms with E-state index in [-0.39, 0.29) is 5.69 Å². The second-order valence-corrected chi connectivity index (χ2v) is 5.91. The molecule has 0 radical (unpaired) electrons. The third-order valence-electron chi connectivity index (χ3n) is 3.21. The van der Waals surface area contributed by atoms with E-state index in [0.717, 1.165) is 23.4 Å². The van der Waals surface area contributed by atoms with Crippen LogP contribution in [0.25, 0.3) is 0 Å². The van der Waals surface area contributed by atoms with Gasteiger partial charge in [-0.25, -0.2) is 8.78 Å². The number of hydrogen-bond acceptors (Lipinski definition) is 3. The molecule has 1 amide bonds. The lowest BCUT2D eigenvalue weighted by molar-refractivity contribution is 0.103. The molecule has 0 saturated carbocycles. The maximum atomic E-state index is 13.6. The van der Waals surface area contributed by atoms with Gasteiger partial charge in [0, 0.05) is 11.6 Å². The number of thiophene rings is 1. The second kappa shape index (κ2) is 7.23. The number of nitrogens with one attached hydrogen (secondary N) is 1. The van der Waals surface area contributed by atoms with Crippen molar-refractivity contribution in [2.45, 2.75) is 6.61 Å². The van der Waals surface area contributed by atoms with Gasteiger partial charge in [-0.15, -0.1) is 11.3 Å². The molecule has 0 saturated heterocycles. The smallest absolute Gasteiger partial charge is 0.265 e. The molecule has 24 heavy (non-hydrogen) atoms. The monoisotopic (exact) mass is 345 g/mol. The van der Waals surface area contributed by atoms with Crippen LogP contribution in [-0.4, -0.2) is 5.91 Å². The first-order chi connectivity index (χ1) is 11.6. The number of ether oxygens (including phenoxy) is 1. The van der Waals surface area contributed by atoms with E-state index in [1.807, 2.05) is 30.3 Å². The average Bonchev–Trinajstić information content (AvgIpc) is 3.05. The first-order valence-corrected chi connectivity index (χ1v) is 8.01. The van der Waals surface area contributed by atoms with Gasteiger partial charge in [0.1, 0.15) is 24.0 Å². The highest BCUT2D eigenvalue weighted by molar-refractivity contribution is 7.12. The van der Waals surface area contributed by atoms with Crippen LogP contribution >= 0.6 is 11.3 Å². The molecule has 0 unspecified atom stereocenters. The van der Waals surface area contributed by atoms with E-state index in [1.165, 1.54) is 17.4 Å². The Hall–Kier alpha value is -2.73. The molecular formula is C18H13F2NO2S. The molecule has 0 aliphatic carbocycles. The van der Waals surface area contributed by atoms with Gasteiger partial charge in [0.05, 0.1) is 10.6 Å². The lowest BCUT2D eigenvalue weighted by Crippen LogP contribution is -2.11. The summed E-state index contributed by atoms with van der Waals surface area (Å²) in [5, 5.41) is 4.23. The summed E-state index contributed by atoms with van der Waals surface area (Å²) in [5.74, 6) is -1.21. The van der Waals surface area contributed by atoms with Gasteiger partial charge in [-0.3, -0.25) is 4.79 Å². The van der Waals surface area contributed by atoms with Crippen LogP contribution in [0.4, 0.5) is 14.5 Å². The van der Waals surface area contributed by atoms with Gasteiger partial charge in [-0.1, -0.05) is 18.2 Å². The summed E-state index contributed by atoms with van der Waals surface area (Å²) in [6.45, 7) is 0.332. The zero-order valence-electron chi connectivity index (χ0n) is 12.5. The molecule has 1 N–H and O–H groups in total. The van der Waals surface area contributed by atoms with Crippen molar-refractivity contribution in [3.8, 4) is 5.75 Å². The highest BCUT2D eigenvalue weighted by Gasteiger charge is 2.12. The van der Waals surface area contributed by atoms with E-state index < -0.39 is 17.5 Å². The van der Waals surface area contributed by atoms with Gasteiger partial charge in [-0.2, -0.15) is 0 Å². The van der Waals surface area contributed by atoms with E-state index >= 15 is 0 Å². The SMILES string of the molecule is O=C(Nc1ccc(F)cc1F)c1cc(COc2ccccc2)cs1. The summed E-state index contributed by atoms with van der Waals surface area (Å²) >= 11 is 1.23. The highest BCUT2D eigenvalue weighted by Crippen LogP contribution is 2.21. The van der Waals surface area contributed by atoms with E-state index in [0.29, 0.717) is 11.5 Å². The Morgan fingerprint density at radius 2 is 1.88 bits per heavy atom. The van der Waals surface area contributed by atoms with Crippen molar-refractivity contribution in [1.29, 1.82) is 0 Å². The molecule has 3 rings (SSSR count). The molecule has 0 aliphatic rings. The van der Waals surface area contributed by atoms with Crippen LogP contribution in [0.1, 0.15) is 15.2 Å². The maximum Gasteiger partial charge on any atom is 0.265 e. The number of amides is 1. The molecule has 2 aromatic carbocycles. The second-order valence-electron chi connectivity index (χ2n) is 5.00. The summed E-state index contributed by atoms with van der Waals surface area (Å²) in [6, 6.07) is 14.0. The Kier molecular flexibility index (Phi) is 4.86. The van der Waals surface area contributed by atoms with Crippen molar-refractivity contribution in [2.24, 2.45) is 0 Å². The fraction of sp³-hybridized carbons (Fsp3) is 0.0556. The molecule has 0 fully saturated rings. The van der Waals surface area contributed by atoms with E-state index in [2.05, 4.69) is 5.32 Å². The van der Waals surface area contributed by atoms with E-state index in [1.54, 1.807) is 11.4 Å². The average molecular weight is 345 g/mol. The summed E-state index contributed by atoms with van der Waals surface area (Å²) in [7, 11) is 0. The predicted molar refractivity (Wildman–Crippen MR) is 89.4 cm³/mol. The molecule has 0 spiro atoms. The number of para-hydroxylation sites is 1. The molecule has 0 bridgehead atoms. The Morgan fingerprint density at radius 3 is 2.62 bits per heavy atom. The number of carbonyl (C=O) groups is 1. The third kappa shape index (κ3) is 3.97. The van der Waals surface area contributed by atoms with Crippen LogP contribution in [0.2, 0.25) is 0 Å². The Bertz CT molecular complexity index is 849. The topological polar surface area (TPSA) is 38.3 Å². The van der Waals surface area contributed by atoms with Gasteiger partial charge < -0.3 is 10.1 Å². The van der Waals surface area contributed by atoms with Crippen LogP contribution < -0.4 is 10.1 Å².